The molecule has 0 amide bonds. The van der Waals surface area contributed by atoms with E-state index in [0.717, 1.165) is 116 Å². The second kappa shape index (κ2) is 65.8. The molecule has 0 saturated heterocycles. The molecule has 0 aromatic carbocycles. The van der Waals surface area contributed by atoms with Gasteiger partial charge in [0.25, 0.3) is 0 Å². The standard InChI is InChI=1S/C72H124O6/c1-4-7-10-13-16-19-21-23-25-27-29-31-32-33-34-35-36-37-38-39-40-42-43-45-47-49-51-53-56-59-62-65-71(74)77-68-69(67-76-70(73)64-61-58-55-18-15-12-9-6-3)78-72(75)66-63-60-57-54-52-50-48-46-44-41-30-28-26-24-22-20-17-14-11-8-5-2/h7,10,16,19,22-25,28-31,33-34,44,46,69H,4-6,8-9,11-15,17-18,20-21,26-27,32,35-43,45,47-68H2,1-3H3/b10-7-,19-16-,24-22-,25-23-,30-28-,31-29-,34-33-,46-44-. The molecule has 0 bridgehead atoms. The average molecular weight is 1090 g/mol. The molecule has 0 heterocycles. The smallest absolute Gasteiger partial charge is 0.306 e. The summed E-state index contributed by atoms with van der Waals surface area (Å²) >= 11 is 0. The van der Waals surface area contributed by atoms with Crippen LogP contribution >= 0.6 is 0 Å². The van der Waals surface area contributed by atoms with Gasteiger partial charge in [0.05, 0.1) is 0 Å². The highest BCUT2D eigenvalue weighted by atomic mass is 16.6. The zero-order valence-corrected chi connectivity index (χ0v) is 51.4. The average Bonchev–Trinajstić information content (AvgIpc) is 3.44. The maximum Gasteiger partial charge on any atom is 0.306 e. The summed E-state index contributed by atoms with van der Waals surface area (Å²) in [5.41, 5.74) is 0. The molecule has 0 aromatic heterocycles. The van der Waals surface area contributed by atoms with Gasteiger partial charge >= 0.3 is 17.9 Å². The molecule has 6 nitrogen and oxygen atoms in total. The maximum absolute atomic E-state index is 12.9. The Kier molecular flexibility index (Phi) is 62.7. The lowest BCUT2D eigenvalue weighted by atomic mass is 10.0. The number of carbonyl (C=O) groups excluding carboxylic acids is 3. The third-order valence-electron chi connectivity index (χ3n) is 14.3. The van der Waals surface area contributed by atoms with Gasteiger partial charge in [0.1, 0.15) is 13.2 Å². The van der Waals surface area contributed by atoms with Crippen molar-refractivity contribution in [3.8, 4) is 0 Å². The van der Waals surface area contributed by atoms with Gasteiger partial charge in [0.15, 0.2) is 6.10 Å². The number of hydrogen-bond acceptors (Lipinski definition) is 6. The number of hydrogen-bond donors (Lipinski definition) is 0. The van der Waals surface area contributed by atoms with Crippen molar-refractivity contribution in [1.82, 2.24) is 0 Å². The van der Waals surface area contributed by atoms with Crippen molar-refractivity contribution in [2.24, 2.45) is 0 Å². The van der Waals surface area contributed by atoms with Crippen LogP contribution in [0.5, 0.6) is 0 Å². The largest absolute Gasteiger partial charge is 0.462 e. The van der Waals surface area contributed by atoms with Gasteiger partial charge in [-0.05, 0) is 103 Å². The summed E-state index contributed by atoms with van der Waals surface area (Å²) in [6.07, 6.45) is 88.7. The number of carbonyl (C=O) groups is 3. The van der Waals surface area contributed by atoms with Gasteiger partial charge < -0.3 is 14.2 Å². The second-order valence-electron chi connectivity index (χ2n) is 22.0. The van der Waals surface area contributed by atoms with Crippen LogP contribution in [0.1, 0.15) is 323 Å². The van der Waals surface area contributed by atoms with E-state index < -0.39 is 6.10 Å². The van der Waals surface area contributed by atoms with E-state index in [0.29, 0.717) is 19.3 Å². The molecule has 0 aromatic rings. The molecule has 1 unspecified atom stereocenters. The molecule has 78 heavy (non-hydrogen) atoms. The van der Waals surface area contributed by atoms with Crippen LogP contribution in [-0.4, -0.2) is 37.2 Å². The fourth-order valence-corrected chi connectivity index (χ4v) is 9.36. The predicted molar refractivity (Wildman–Crippen MR) is 339 cm³/mol. The molecule has 6 heteroatoms. The fraction of sp³-hybridized carbons (Fsp3) is 0.736. The van der Waals surface area contributed by atoms with Crippen molar-refractivity contribution in [2.45, 2.75) is 329 Å². The number of rotatable bonds is 60. The molecule has 0 aliphatic heterocycles. The van der Waals surface area contributed by atoms with Crippen LogP contribution in [0.2, 0.25) is 0 Å². The Morgan fingerprint density at radius 2 is 0.500 bits per heavy atom. The Morgan fingerprint density at radius 3 is 0.782 bits per heavy atom. The molecule has 0 aliphatic rings. The first kappa shape index (κ1) is 74.3. The Hall–Kier alpha value is -3.67. The zero-order valence-electron chi connectivity index (χ0n) is 51.4. The van der Waals surface area contributed by atoms with Gasteiger partial charge in [0, 0.05) is 19.3 Å². The minimum Gasteiger partial charge on any atom is -0.462 e. The molecule has 0 aliphatic carbocycles. The van der Waals surface area contributed by atoms with Crippen LogP contribution in [0.3, 0.4) is 0 Å². The van der Waals surface area contributed by atoms with E-state index in [-0.39, 0.29) is 31.1 Å². The van der Waals surface area contributed by atoms with E-state index >= 15 is 0 Å². The fourth-order valence-electron chi connectivity index (χ4n) is 9.36. The van der Waals surface area contributed by atoms with Crippen molar-refractivity contribution in [3.05, 3.63) is 97.2 Å². The van der Waals surface area contributed by atoms with Gasteiger partial charge in [-0.1, -0.05) is 298 Å². The van der Waals surface area contributed by atoms with Gasteiger partial charge in [0.2, 0.25) is 0 Å². The molecule has 0 radical (unpaired) electrons. The van der Waals surface area contributed by atoms with E-state index in [1.807, 2.05) is 0 Å². The molecular weight excluding hydrogens is 961 g/mol. The summed E-state index contributed by atoms with van der Waals surface area (Å²) in [6.45, 7) is 6.50. The second-order valence-corrected chi connectivity index (χ2v) is 22.0. The van der Waals surface area contributed by atoms with Crippen molar-refractivity contribution in [3.63, 3.8) is 0 Å². The highest BCUT2D eigenvalue weighted by Crippen LogP contribution is 2.16. The van der Waals surface area contributed by atoms with Gasteiger partial charge in [-0.3, -0.25) is 14.4 Å². The lowest BCUT2D eigenvalue weighted by Crippen LogP contribution is -2.30. The number of allylic oxidation sites excluding steroid dienone is 16. The van der Waals surface area contributed by atoms with Crippen LogP contribution < -0.4 is 0 Å². The van der Waals surface area contributed by atoms with Gasteiger partial charge in [-0.2, -0.15) is 0 Å². The van der Waals surface area contributed by atoms with Crippen LogP contribution in [0.25, 0.3) is 0 Å². The van der Waals surface area contributed by atoms with E-state index in [1.54, 1.807) is 0 Å². The Balaban J connectivity index is 4.14. The Morgan fingerprint density at radius 1 is 0.269 bits per heavy atom. The van der Waals surface area contributed by atoms with Crippen molar-refractivity contribution in [1.29, 1.82) is 0 Å². The summed E-state index contributed by atoms with van der Waals surface area (Å²) in [4.78, 5) is 38.2. The molecule has 0 saturated carbocycles. The third-order valence-corrected chi connectivity index (χ3v) is 14.3. The van der Waals surface area contributed by atoms with Crippen molar-refractivity contribution < 1.29 is 28.6 Å². The third kappa shape index (κ3) is 63.2. The quantitative estimate of drug-likeness (QED) is 0.0261. The van der Waals surface area contributed by atoms with E-state index in [4.69, 9.17) is 14.2 Å². The number of ether oxygens (including phenoxy) is 3. The SMILES string of the molecule is CC/C=C\C/C=C\C/C=C\C/C=C\C/C=C\CCCCCCCCCCCCCCCCCC(=O)OCC(COC(=O)CCCCCCCCCC)OC(=O)CCCCCCCC/C=C\C/C=C\C/C=C\CCCCCCC. The summed E-state index contributed by atoms with van der Waals surface area (Å²) in [6, 6.07) is 0. The van der Waals surface area contributed by atoms with Crippen LogP contribution in [0, 0.1) is 0 Å². The summed E-state index contributed by atoms with van der Waals surface area (Å²) in [5, 5.41) is 0. The van der Waals surface area contributed by atoms with Crippen LogP contribution in [-0.2, 0) is 28.6 Å². The summed E-state index contributed by atoms with van der Waals surface area (Å²) in [5.74, 6) is -0.886. The summed E-state index contributed by atoms with van der Waals surface area (Å²) < 4.78 is 16.9. The lowest BCUT2D eigenvalue weighted by molar-refractivity contribution is -0.167. The molecule has 448 valence electrons. The number of esters is 3. The van der Waals surface area contributed by atoms with Crippen LogP contribution in [0.15, 0.2) is 97.2 Å². The van der Waals surface area contributed by atoms with Crippen molar-refractivity contribution in [2.75, 3.05) is 13.2 Å². The maximum atomic E-state index is 12.9. The van der Waals surface area contributed by atoms with Gasteiger partial charge in [-0.15, -0.1) is 0 Å². The Bertz CT molecular complexity index is 1530. The topological polar surface area (TPSA) is 78.9 Å². The van der Waals surface area contributed by atoms with E-state index in [9.17, 15) is 14.4 Å². The highest BCUT2D eigenvalue weighted by molar-refractivity contribution is 5.71. The minimum absolute atomic E-state index is 0.0796. The number of unbranched alkanes of at least 4 members (excludes halogenated alkanes) is 33. The monoisotopic (exact) mass is 1080 g/mol. The first-order valence-corrected chi connectivity index (χ1v) is 33.2. The molecule has 0 rings (SSSR count). The minimum atomic E-state index is -0.782. The first-order valence-electron chi connectivity index (χ1n) is 33.2. The zero-order chi connectivity index (χ0) is 56.4. The normalized spacial score (nSPS) is 12.7. The summed E-state index contributed by atoms with van der Waals surface area (Å²) in [7, 11) is 0. The van der Waals surface area contributed by atoms with Crippen LogP contribution in [0.4, 0.5) is 0 Å². The molecule has 0 spiro atoms. The van der Waals surface area contributed by atoms with Crippen molar-refractivity contribution >= 4 is 17.9 Å². The first-order chi connectivity index (χ1) is 38.5. The van der Waals surface area contributed by atoms with Gasteiger partial charge in [-0.25, -0.2) is 0 Å². The van der Waals surface area contributed by atoms with E-state index in [2.05, 4.69) is 118 Å². The molecule has 1 atom stereocenters. The highest BCUT2D eigenvalue weighted by Gasteiger charge is 2.19. The lowest BCUT2D eigenvalue weighted by Gasteiger charge is -2.18. The molecular formula is C72H124O6. The molecule has 0 fully saturated rings. The predicted octanol–water partition coefficient (Wildman–Crippen LogP) is 22.8. The van der Waals surface area contributed by atoms with E-state index in [1.165, 1.54) is 167 Å². The Labute approximate surface area is 483 Å². The molecule has 0 N–H and O–H groups in total.